The zero-order valence-electron chi connectivity index (χ0n) is 13.4. The van der Waals surface area contributed by atoms with Crippen LogP contribution in [-0.2, 0) is 16.1 Å². The Bertz CT molecular complexity index is 506. The molecule has 3 rings (SSSR count). The number of hydrogen-bond acceptors (Lipinski definition) is 4. The fraction of sp³-hybridized carbons (Fsp3) is 0.647. The van der Waals surface area contributed by atoms with E-state index < -0.39 is 0 Å². The van der Waals surface area contributed by atoms with E-state index in [0.29, 0.717) is 17.9 Å². The Balaban J connectivity index is 1.51. The number of hydrogen-bond donors (Lipinski definition) is 1. The molecule has 5 heteroatoms. The molecule has 3 heterocycles. The molecule has 2 aliphatic rings. The highest BCUT2D eigenvalue weighted by molar-refractivity contribution is 5.77. The number of nitrogens with one attached hydrogen (secondary N) is 1. The number of likely N-dealkylation sites (tertiary alicyclic amines) is 1. The first kappa shape index (κ1) is 15.4. The minimum absolute atomic E-state index is 0.0438. The number of amides is 1. The van der Waals surface area contributed by atoms with E-state index in [9.17, 15) is 4.79 Å². The van der Waals surface area contributed by atoms with E-state index in [-0.39, 0.29) is 11.8 Å². The van der Waals surface area contributed by atoms with Crippen molar-refractivity contribution in [3.63, 3.8) is 0 Å². The smallest absolute Gasteiger partial charge is 0.222 e. The van der Waals surface area contributed by atoms with Crippen LogP contribution in [0.3, 0.4) is 0 Å². The van der Waals surface area contributed by atoms with E-state index in [0.717, 1.165) is 38.5 Å². The molecule has 5 nitrogen and oxygen atoms in total. The molecule has 22 heavy (non-hydrogen) atoms. The molecule has 2 fully saturated rings. The summed E-state index contributed by atoms with van der Waals surface area (Å²) < 4.78 is 5.94. The highest BCUT2D eigenvalue weighted by atomic mass is 16.5. The number of carbonyl (C=O) groups is 1. The van der Waals surface area contributed by atoms with Crippen LogP contribution in [0.15, 0.2) is 24.4 Å². The summed E-state index contributed by atoms with van der Waals surface area (Å²) in [4.78, 5) is 18.5. The van der Waals surface area contributed by atoms with Gasteiger partial charge in [0.2, 0.25) is 5.91 Å². The lowest BCUT2D eigenvalue weighted by Crippen LogP contribution is -2.36. The first-order valence-corrected chi connectivity index (χ1v) is 8.15. The predicted octanol–water partition coefficient (Wildman–Crippen LogP) is 1.30. The van der Waals surface area contributed by atoms with E-state index in [1.165, 1.54) is 0 Å². The van der Waals surface area contributed by atoms with Crippen LogP contribution < -0.4 is 5.32 Å². The molecule has 1 aromatic rings. The highest BCUT2D eigenvalue weighted by Crippen LogP contribution is 2.33. The maximum Gasteiger partial charge on any atom is 0.222 e. The second-order valence-electron chi connectivity index (χ2n) is 6.71. The standard InChI is InChI=1S/C17H25N3O2/c1-12(2)17(21)19-7-13-11-22-16-10-20(9-15(13)16)8-14-5-3-4-6-18-14/h3-6,12-13,15-16H,7-11H2,1-2H3,(H,19,21)/t13-,15-,16-/m1/s1. The molecule has 2 saturated heterocycles. The Hall–Kier alpha value is -1.46. The van der Waals surface area contributed by atoms with Crippen LogP contribution in [0.4, 0.5) is 0 Å². The lowest BCUT2D eigenvalue weighted by molar-refractivity contribution is -0.124. The molecule has 0 aliphatic carbocycles. The van der Waals surface area contributed by atoms with Crippen LogP contribution >= 0.6 is 0 Å². The van der Waals surface area contributed by atoms with Crippen LogP contribution in [-0.4, -0.2) is 48.1 Å². The summed E-state index contributed by atoms with van der Waals surface area (Å²) in [6.07, 6.45) is 2.15. The molecule has 0 aromatic carbocycles. The Labute approximate surface area is 132 Å². The average molecular weight is 303 g/mol. The third-order valence-corrected chi connectivity index (χ3v) is 4.69. The van der Waals surface area contributed by atoms with Crippen LogP contribution in [0.2, 0.25) is 0 Å². The molecule has 0 unspecified atom stereocenters. The first-order chi connectivity index (χ1) is 10.6. The van der Waals surface area contributed by atoms with Gasteiger partial charge in [0.1, 0.15) is 0 Å². The topological polar surface area (TPSA) is 54.5 Å². The predicted molar refractivity (Wildman–Crippen MR) is 84.1 cm³/mol. The monoisotopic (exact) mass is 303 g/mol. The Morgan fingerprint density at radius 1 is 1.45 bits per heavy atom. The van der Waals surface area contributed by atoms with Gasteiger partial charge in [-0.1, -0.05) is 19.9 Å². The van der Waals surface area contributed by atoms with Gasteiger partial charge in [-0.2, -0.15) is 0 Å². The van der Waals surface area contributed by atoms with Crippen LogP contribution in [0.1, 0.15) is 19.5 Å². The summed E-state index contributed by atoms with van der Waals surface area (Å²) in [6, 6.07) is 6.04. The van der Waals surface area contributed by atoms with E-state index in [4.69, 9.17) is 4.74 Å². The average Bonchev–Trinajstić information content (AvgIpc) is 3.06. The summed E-state index contributed by atoms with van der Waals surface area (Å²) in [5.74, 6) is 1.13. The molecular formula is C17H25N3O2. The normalized spacial score (nSPS) is 28.0. The molecule has 0 bridgehead atoms. The minimum Gasteiger partial charge on any atom is -0.376 e. The Kier molecular flexibility index (Phi) is 4.74. The van der Waals surface area contributed by atoms with Crippen LogP contribution in [0.5, 0.6) is 0 Å². The molecule has 0 saturated carbocycles. The molecule has 3 atom stereocenters. The lowest BCUT2D eigenvalue weighted by atomic mass is 9.93. The number of ether oxygens (including phenoxy) is 1. The van der Waals surface area contributed by atoms with Crippen molar-refractivity contribution in [2.45, 2.75) is 26.5 Å². The van der Waals surface area contributed by atoms with Crippen molar-refractivity contribution in [2.24, 2.45) is 17.8 Å². The van der Waals surface area contributed by atoms with Crippen molar-refractivity contribution in [2.75, 3.05) is 26.2 Å². The number of fused-ring (bicyclic) bond motifs is 1. The van der Waals surface area contributed by atoms with Gasteiger partial charge in [-0.25, -0.2) is 0 Å². The van der Waals surface area contributed by atoms with Crippen LogP contribution in [0.25, 0.3) is 0 Å². The Morgan fingerprint density at radius 2 is 2.32 bits per heavy atom. The van der Waals surface area contributed by atoms with Gasteiger partial charge in [0, 0.05) is 50.1 Å². The summed E-state index contributed by atoms with van der Waals surface area (Å²) in [7, 11) is 0. The number of aromatic nitrogens is 1. The van der Waals surface area contributed by atoms with Crippen molar-refractivity contribution < 1.29 is 9.53 Å². The number of nitrogens with zero attached hydrogens (tertiary/aromatic N) is 2. The molecule has 120 valence electrons. The highest BCUT2D eigenvalue weighted by Gasteiger charge is 2.43. The molecule has 0 radical (unpaired) electrons. The van der Waals surface area contributed by atoms with Crippen molar-refractivity contribution in [1.82, 2.24) is 15.2 Å². The molecule has 1 amide bonds. The third kappa shape index (κ3) is 3.47. The Morgan fingerprint density at radius 3 is 3.05 bits per heavy atom. The SMILES string of the molecule is CC(C)C(=O)NC[C@@H]1CO[C@@H]2CN(Cc3ccccn3)C[C@H]12. The second-order valence-corrected chi connectivity index (χ2v) is 6.71. The van der Waals surface area contributed by atoms with Crippen molar-refractivity contribution >= 4 is 5.91 Å². The maximum atomic E-state index is 11.7. The fourth-order valence-electron chi connectivity index (χ4n) is 3.38. The van der Waals surface area contributed by atoms with Gasteiger partial charge in [-0.05, 0) is 12.1 Å². The lowest BCUT2D eigenvalue weighted by Gasteiger charge is -2.20. The minimum atomic E-state index is 0.0438. The van der Waals surface area contributed by atoms with Gasteiger partial charge in [0.15, 0.2) is 0 Å². The van der Waals surface area contributed by atoms with Crippen molar-refractivity contribution in [1.29, 1.82) is 0 Å². The summed E-state index contributed by atoms with van der Waals surface area (Å²) in [5.41, 5.74) is 1.10. The second kappa shape index (κ2) is 6.75. The summed E-state index contributed by atoms with van der Waals surface area (Å²) in [6.45, 7) is 8.23. The zero-order chi connectivity index (χ0) is 15.5. The largest absolute Gasteiger partial charge is 0.376 e. The zero-order valence-corrected chi connectivity index (χ0v) is 13.4. The molecular weight excluding hydrogens is 278 g/mol. The van der Waals surface area contributed by atoms with E-state index in [1.807, 2.05) is 32.2 Å². The van der Waals surface area contributed by atoms with Crippen LogP contribution in [0, 0.1) is 17.8 Å². The van der Waals surface area contributed by atoms with Gasteiger partial charge in [0.05, 0.1) is 18.4 Å². The molecule has 0 spiro atoms. The van der Waals surface area contributed by atoms with Gasteiger partial charge < -0.3 is 10.1 Å². The van der Waals surface area contributed by atoms with Crippen molar-refractivity contribution in [3.8, 4) is 0 Å². The number of rotatable bonds is 5. The van der Waals surface area contributed by atoms with E-state index in [2.05, 4.69) is 21.3 Å². The van der Waals surface area contributed by atoms with Gasteiger partial charge in [0.25, 0.3) is 0 Å². The van der Waals surface area contributed by atoms with Gasteiger partial charge in [-0.3, -0.25) is 14.7 Å². The maximum absolute atomic E-state index is 11.7. The quantitative estimate of drug-likeness (QED) is 0.891. The van der Waals surface area contributed by atoms with Gasteiger partial charge >= 0.3 is 0 Å². The summed E-state index contributed by atoms with van der Waals surface area (Å²) in [5, 5.41) is 3.05. The van der Waals surface area contributed by atoms with E-state index in [1.54, 1.807) is 0 Å². The fourth-order valence-corrected chi connectivity index (χ4v) is 3.38. The van der Waals surface area contributed by atoms with E-state index >= 15 is 0 Å². The molecule has 2 aliphatic heterocycles. The third-order valence-electron chi connectivity index (χ3n) is 4.69. The first-order valence-electron chi connectivity index (χ1n) is 8.15. The van der Waals surface area contributed by atoms with Gasteiger partial charge in [-0.15, -0.1) is 0 Å². The summed E-state index contributed by atoms with van der Waals surface area (Å²) >= 11 is 0. The number of pyridine rings is 1. The molecule has 1 N–H and O–H groups in total. The number of carbonyl (C=O) groups excluding carboxylic acids is 1. The molecule has 1 aromatic heterocycles. The van der Waals surface area contributed by atoms with Crippen molar-refractivity contribution in [3.05, 3.63) is 30.1 Å².